The Morgan fingerprint density at radius 3 is 2.56 bits per heavy atom. The number of benzene rings is 1. The van der Waals surface area contributed by atoms with Crippen LogP contribution in [0.2, 0.25) is 0 Å². The second-order valence-electron chi connectivity index (χ2n) is 6.26. The van der Waals surface area contributed by atoms with Crippen molar-refractivity contribution in [3.63, 3.8) is 0 Å². The van der Waals surface area contributed by atoms with Gasteiger partial charge in [-0.1, -0.05) is 0 Å². The molecule has 4 N–H and O–H groups in total. The van der Waals surface area contributed by atoms with Crippen LogP contribution in [0.4, 0.5) is 4.39 Å². The lowest BCUT2D eigenvalue weighted by Crippen LogP contribution is -2.44. The molecular weight excluding hydrogens is 343 g/mol. The van der Waals surface area contributed by atoms with E-state index >= 15 is 0 Å². The molecule has 1 heterocycles. The van der Waals surface area contributed by atoms with Crippen molar-refractivity contribution in [1.82, 2.24) is 15.6 Å². The van der Waals surface area contributed by atoms with Crippen molar-refractivity contribution in [3.05, 3.63) is 29.0 Å². The topological polar surface area (TPSA) is 97.1 Å². The molecule has 3 rings (SSSR count). The molecule has 134 valence electrons. The van der Waals surface area contributed by atoms with Crippen LogP contribution in [0.1, 0.15) is 41.9 Å². The van der Waals surface area contributed by atoms with Gasteiger partial charge < -0.3 is 16.4 Å². The number of amides is 2. The number of nitrogens with two attached hydrogens (primary N) is 1. The fraction of sp³-hybridized carbons (Fsp3) is 0.471. The van der Waals surface area contributed by atoms with Gasteiger partial charge in [0.2, 0.25) is 5.91 Å². The molecule has 1 aromatic carbocycles. The lowest BCUT2D eigenvalue weighted by molar-refractivity contribution is -0.121. The van der Waals surface area contributed by atoms with E-state index in [1.54, 1.807) is 6.07 Å². The number of carbonyl (C=O) groups excluding carboxylic acids is 2. The van der Waals surface area contributed by atoms with Crippen molar-refractivity contribution in [3.8, 4) is 0 Å². The Hall–Kier alpha value is -2.06. The highest BCUT2D eigenvalue weighted by molar-refractivity contribution is 7.20. The molecule has 1 fully saturated rings. The SMILES string of the molecule is NCCC(=O)NC1CCC(NC(=O)c2nc3ccc(F)cc3s2)CC1. The molecule has 0 radical (unpaired) electrons. The Kier molecular flexibility index (Phi) is 5.60. The van der Waals surface area contributed by atoms with Crippen molar-refractivity contribution < 1.29 is 14.0 Å². The minimum Gasteiger partial charge on any atom is -0.353 e. The summed E-state index contributed by atoms with van der Waals surface area (Å²) in [6.45, 7) is 0.350. The first-order valence-electron chi connectivity index (χ1n) is 8.41. The van der Waals surface area contributed by atoms with Crippen LogP contribution in [-0.4, -0.2) is 35.4 Å². The van der Waals surface area contributed by atoms with Crippen LogP contribution >= 0.6 is 11.3 Å². The van der Waals surface area contributed by atoms with Gasteiger partial charge in [-0.05, 0) is 43.9 Å². The maximum Gasteiger partial charge on any atom is 0.280 e. The Labute approximate surface area is 149 Å². The molecule has 0 saturated heterocycles. The number of fused-ring (bicyclic) bond motifs is 1. The average molecular weight is 364 g/mol. The van der Waals surface area contributed by atoms with E-state index in [9.17, 15) is 14.0 Å². The summed E-state index contributed by atoms with van der Waals surface area (Å²) < 4.78 is 13.9. The van der Waals surface area contributed by atoms with Gasteiger partial charge in [-0.15, -0.1) is 11.3 Å². The number of nitrogens with one attached hydrogen (secondary N) is 2. The zero-order valence-electron chi connectivity index (χ0n) is 13.8. The molecule has 2 aromatic rings. The Balaban J connectivity index is 1.52. The highest BCUT2D eigenvalue weighted by atomic mass is 32.1. The van der Waals surface area contributed by atoms with Crippen LogP contribution in [0, 0.1) is 5.82 Å². The molecule has 2 amide bonds. The van der Waals surface area contributed by atoms with Crippen molar-refractivity contribution in [2.24, 2.45) is 5.73 Å². The van der Waals surface area contributed by atoms with Gasteiger partial charge in [-0.2, -0.15) is 0 Å². The summed E-state index contributed by atoms with van der Waals surface area (Å²) in [4.78, 5) is 28.2. The summed E-state index contributed by atoms with van der Waals surface area (Å²) in [5, 5.41) is 6.31. The van der Waals surface area contributed by atoms with Gasteiger partial charge in [0.05, 0.1) is 10.2 Å². The average Bonchev–Trinajstić information content (AvgIpc) is 3.00. The maximum atomic E-state index is 13.2. The molecule has 0 spiro atoms. The summed E-state index contributed by atoms with van der Waals surface area (Å²) in [6, 6.07) is 4.52. The molecule has 1 aliphatic rings. The lowest BCUT2D eigenvalue weighted by Gasteiger charge is -2.29. The summed E-state index contributed by atoms with van der Waals surface area (Å²) in [7, 11) is 0. The molecule has 25 heavy (non-hydrogen) atoms. The number of carbonyl (C=O) groups is 2. The third-order valence-electron chi connectivity index (χ3n) is 4.34. The molecule has 8 heteroatoms. The smallest absolute Gasteiger partial charge is 0.280 e. The van der Waals surface area contributed by atoms with E-state index in [1.807, 2.05) is 0 Å². The van der Waals surface area contributed by atoms with Crippen LogP contribution in [0.5, 0.6) is 0 Å². The second kappa shape index (κ2) is 7.88. The summed E-state index contributed by atoms with van der Waals surface area (Å²) in [5.74, 6) is -0.577. The fourth-order valence-corrected chi connectivity index (χ4v) is 3.95. The van der Waals surface area contributed by atoms with Crippen LogP contribution in [0.3, 0.4) is 0 Å². The first kappa shape index (κ1) is 17.8. The van der Waals surface area contributed by atoms with Crippen molar-refractivity contribution in [1.29, 1.82) is 0 Å². The van der Waals surface area contributed by atoms with Crippen LogP contribution in [0.25, 0.3) is 10.2 Å². The highest BCUT2D eigenvalue weighted by Crippen LogP contribution is 2.24. The molecule has 1 aliphatic carbocycles. The summed E-state index contributed by atoms with van der Waals surface area (Å²) >= 11 is 1.19. The zero-order valence-corrected chi connectivity index (χ0v) is 14.6. The second-order valence-corrected chi connectivity index (χ2v) is 7.29. The quantitative estimate of drug-likeness (QED) is 0.755. The summed E-state index contributed by atoms with van der Waals surface area (Å²) in [5.41, 5.74) is 6.00. The van der Waals surface area contributed by atoms with Crippen LogP contribution in [-0.2, 0) is 4.79 Å². The number of thiazole rings is 1. The van der Waals surface area contributed by atoms with E-state index in [0.717, 1.165) is 25.7 Å². The fourth-order valence-electron chi connectivity index (χ4n) is 3.06. The van der Waals surface area contributed by atoms with Crippen LogP contribution in [0.15, 0.2) is 18.2 Å². The van der Waals surface area contributed by atoms with Crippen molar-refractivity contribution >= 4 is 33.4 Å². The normalized spacial score (nSPS) is 20.4. The maximum absolute atomic E-state index is 13.2. The molecule has 0 bridgehead atoms. The standard InChI is InChI=1S/C17H21FN4O2S/c18-10-1-6-13-14(9-10)25-17(22-13)16(24)21-12-4-2-11(3-5-12)20-15(23)7-8-19/h1,6,9,11-12H,2-5,7-8,19H2,(H,20,23)(H,21,24). The molecule has 6 nitrogen and oxygen atoms in total. The van der Waals surface area contributed by atoms with E-state index in [4.69, 9.17) is 5.73 Å². The van der Waals surface area contributed by atoms with E-state index < -0.39 is 0 Å². The molecule has 1 saturated carbocycles. The number of hydrogen-bond donors (Lipinski definition) is 3. The number of halogens is 1. The van der Waals surface area contributed by atoms with Gasteiger partial charge in [0.25, 0.3) is 5.91 Å². The van der Waals surface area contributed by atoms with E-state index in [0.29, 0.717) is 28.2 Å². The monoisotopic (exact) mass is 364 g/mol. The minimum atomic E-state index is -0.335. The third kappa shape index (κ3) is 4.52. The van der Waals surface area contributed by atoms with Gasteiger partial charge in [0.15, 0.2) is 5.01 Å². The molecular formula is C17H21FN4O2S. The molecule has 0 unspecified atom stereocenters. The third-order valence-corrected chi connectivity index (χ3v) is 5.36. The molecule has 1 aromatic heterocycles. The molecule has 0 atom stereocenters. The van der Waals surface area contributed by atoms with Gasteiger partial charge in [0, 0.05) is 25.0 Å². The largest absolute Gasteiger partial charge is 0.353 e. The van der Waals surface area contributed by atoms with Gasteiger partial charge in [-0.3, -0.25) is 9.59 Å². The van der Waals surface area contributed by atoms with Gasteiger partial charge in [0.1, 0.15) is 5.82 Å². The zero-order chi connectivity index (χ0) is 17.8. The number of hydrogen-bond acceptors (Lipinski definition) is 5. The van der Waals surface area contributed by atoms with E-state index in [2.05, 4.69) is 15.6 Å². The Morgan fingerprint density at radius 1 is 1.20 bits per heavy atom. The first-order chi connectivity index (χ1) is 12.0. The van der Waals surface area contributed by atoms with Crippen molar-refractivity contribution in [2.75, 3.05) is 6.54 Å². The predicted molar refractivity (Wildman–Crippen MR) is 94.9 cm³/mol. The van der Waals surface area contributed by atoms with Gasteiger partial charge in [-0.25, -0.2) is 9.37 Å². The Morgan fingerprint density at radius 2 is 1.88 bits per heavy atom. The number of nitrogens with zero attached hydrogens (tertiary/aromatic N) is 1. The number of aromatic nitrogens is 1. The number of rotatable bonds is 5. The van der Waals surface area contributed by atoms with E-state index in [-0.39, 0.29) is 29.7 Å². The lowest BCUT2D eigenvalue weighted by atomic mass is 9.91. The predicted octanol–water partition coefficient (Wildman–Crippen LogP) is 1.94. The van der Waals surface area contributed by atoms with E-state index in [1.165, 1.54) is 23.5 Å². The van der Waals surface area contributed by atoms with Gasteiger partial charge >= 0.3 is 0 Å². The Bertz CT molecular complexity index is 771. The highest BCUT2D eigenvalue weighted by Gasteiger charge is 2.24. The molecule has 0 aliphatic heterocycles. The summed E-state index contributed by atoms with van der Waals surface area (Å²) in [6.07, 6.45) is 3.60. The first-order valence-corrected chi connectivity index (χ1v) is 9.23. The minimum absolute atomic E-state index is 0.0170. The van der Waals surface area contributed by atoms with Crippen LogP contribution < -0.4 is 16.4 Å². The van der Waals surface area contributed by atoms with Crippen molar-refractivity contribution in [2.45, 2.75) is 44.2 Å².